The van der Waals surface area contributed by atoms with Crippen molar-refractivity contribution >= 4 is 154 Å². The van der Waals surface area contributed by atoms with E-state index in [-0.39, 0.29) is 124 Å². The number of hydrogen-bond donors (Lipinski definition) is 12. The van der Waals surface area contributed by atoms with Crippen molar-refractivity contribution in [3.8, 4) is 6.07 Å². The summed E-state index contributed by atoms with van der Waals surface area (Å²) >= 11 is 10.2. The minimum absolute atomic E-state index is 0. The number of nitrogen functional groups attached to an aromatic ring is 2. The van der Waals surface area contributed by atoms with Crippen LogP contribution in [0, 0.1) is 23.8 Å². The second-order valence-electron chi connectivity index (χ2n) is 21.2. The minimum Gasteiger partial charge on any atom is -0.870 e. The molecule has 9 aromatic rings. The van der Waals surface area contributed by atoms with E-state index in [1.807, 2.05) is 123 Å². The normalized spacial score (nSPS) is 9.16. The number of nitrogens with zero attached hydrogens (tertiary/aromatic N) is 9. The van der Waals surface area contributed by atoms with Crippen LogP contribution >= 0.6 is 51.7 Å². The van der Waals surface area contributed by atoms with Gasteiger partial charge in [-0.05, 0) is 165 Å². The molecule has 1 aromatic carbocycles. The third kappa shape index (κ3) is 94.5. The molecule has 1 aliphatic heterocycles. The van der Waals surface area contributed by atoms with E-state index in [0.29, 0.717) is 52.5 Å². The first-order valence-electron chi connectivity index (χ1n) is 43.5. The minimum atomic E-state index is -1.77. The van der Waals surface area contributed by atoms with Crippen molar-refractivity contribution in [3.05, 3.63) is 306 Å². The first-order chi connectivity index (χ1) is 67.8. The van der Waals surface area contributed by atoms with Crippen molar-refractivity contribution in [2.24, 2.45) is 18.2 Å². The van der Waals surface area contributed by atoms with Crippen LogP contribution in [0.4, 0.5) is 5.69 Å². The first kappa shape index (κ1) is 187. The zero-order chi connectivity index (χ0) is 113. The predicted octanol–water partition coefficient (Wildman–Crippen LogP) is 15.1. The Balaban J connectivity index is -0.0000000615. The van der Waals surface area contributed by atoms with Crippen molar-refractivity contribution < 1.29 is 116 Å². The number of anilines is 1. The standard InChI is InChI=1S/C9H9N3O2.C9H12N2O2.C8H10N2O2.C8H11NO2P.C8H9NO2.C7H6N2O3.C6H8N2O2.C6H4.C5H5NO2.C5H7NO2.C3H5Br.C2H6O.8C2H6.CH3Br.CH4O.5CH4.B6.ClH2N.Li.H2O/c1-11-9(14)6(5-10)8(13)7-3-2-4-12(7)11;1-3-7-13-9(12)8-5-4-6-11(8)10-2;1-2-6-12-8(11)7-4-3-5-10(7)9;1-2-11-12(10)8-6-4-3-5-7(8)9;1-2-6-11-8(10)7-4-3-5-9-7;1-8-7(11)12-6(10)5-3-2-4-9(5)8;1-7-8-4-2-3-5(8)6(9)10;1-3-5-6-4-2;7-5(8)4-2-1-3-6-4;1-3-8-5(7)4-6-2;1-2-3-4;1-2-3;10*1-2;;;;;;1-5(2)6(3)4;1-2;;/h2-4,6,8,13H,1H3;3-6,10H,1,7H2,2H3;2-5H,1,6,9H2;3-6H,2,9H2,1H3;2-5,9H,1,6H2;2-4H,1H3;2-4,7H,1H3,(H,9,10);1-2H2;1-3,6H,(H,7,8);3-4H2,1H3;2H,1,3H2;3H,2H2,1H3;8*1-2H3;1H3;2H,1H3;5*1H4;;2H2;;1H2/q;;;+1;;;;;;;;;;;;;;;;;;;;;;;;;;+1;/p-1. The van der Waals surface area contributed by atoms with Gasteiger partial charge in [0.1, 0.15) is 66.5 Å². The van der Waals surface area contributed by atoms with E-state index in [0.717, 1.165) is 12.4 Å². The van der Waals surface area contributed by atoms with Gasteiger partial charge in [0.25, 0.3) is 5.91 Å². The Morgan fingerprint density at radius 1 is 0.608 bits per heavy atom. The van der Waals surface area contributed by atoms with Crippen molar-refractivity contribution in [1.82, 2.24) is 37.9 Å². The van der Waals surface area contributed by atoms with Crippen molar-refractivity contribution in [3.63, 3.8) is 0 Å². The summed E-state index contributed by atoms with van der Waals surface area (Å²) < 4.78 is 47.9. The molecule has 3 unspecified atom stereocenters. The van der Waals surface area contributed by atoms with Gasteiger partial charge in [0.05, 0.1) is 24.1 Å². The Labute approximate surface area is 924 Å². The van der Waals surface area contributed by atoms with Crippen molar-refractivity contribution in [2.45, 2.75) is 175 Å². The third-order valence-electron chi connectivity index (χ3n) is 12.9. The summed E-state index contributed by atoms with van der Waals surface area (Å²) in [7, 11) is 25.6. The molecule has 10 rings (SSSR count). The molecular formula is C99H170B6Br2ClLiN16O22P+. The molecule has 9 heterocycles. The number of ether oxygens (including phenoxy) is 4. The second kappa shape index (κ2) is 141. The Morgan fingerprint density at radius 2 is 0.993 bits per heavy atom. The summed E-state index contributed by atoms with van der Waals surface area (Å²) in [4.78, 5) is 106. The number of nitrogens with two attached hydrogens (primary N) is 3. The Hall–Kier alpha value is -12.5. The average Bonchev–Trinajstić information content (AvgIpc) is 1.61. The number of carboxylic acid groups (broad SMARTS) is 2. The van der Waals surface area contributed by atoms with Crippen LogP contribution in [0.1, 0.15) is 233 Å². The maximum Gasteiger partial charge on any atom is 1.00 e. The molecule has 0 saturated heterocycles. The number of fused-ring (bicyclic) bond motifs is 2. The molecule has 8 aromatic heterocycles. The SMILES string of the molecule is C.C.C.C.C.C=C=C=C=C=C.C=CCBr.C=CCOC(=O)c1ccc[nH]1.C=CCOC(=O)c1cccn1N.C=CCOC(=O)c1cccn1NC.CBr.CC.CC.CC.CC.CC.CC.CC.CC.CCO.CCO[P+](=O)c1ccccc1N.CN1C(=O)C(C#N)C(O)c2cccn21.CNn1cccc1C(=O)O.CO.Cn1c(=O)oc(=O)c2cccn21.NCl.O=C(O)c1ccc[nH]1.[B]B([B])B([B])[B].[C-]#[N+]CC(=O)OCC.[Li+].[OH-]. The number of aromatic amines is 2. The molecular weight excluding hydrogens is 2060 g/mol. The maximum atomic E-state index is 11.6. The Bertz CT molecular complexity index is 4940. The van der Waals surface area contributed by atoms with Gasteiger partial charge in [0, 0.05) is 134 Å². The number of aromatic carboxylic acids is 2. The molecule has 1 amide bonds. The fraction of sp³-hybridized carbons (Fsp3) is 0.404. The fourth-order valence-corrected chi connectivity index (χ4v) is 8.39. The van der Waals surface area contributed by atoms with E-state index in [1.54, 1.807) is 198 Å². The topological polar surface area (TPSA) is 555 Å². The number of amides is 1. The molecule has 16 N–H and O–H groups in total. The van der Waals surface area contributed by atoms with Crippen LogP contribution in [0.25, 0.3) is 10.4 Å². The summed E-state index contributed by atoms with van der Waals surface area (Å²) in [6, 6.07) is 31.9. The van der Waals surface area contributed by atoms with Gasteiger partial charge in [-0.25, -0.2) is 59.4 Å². The van der Waals surface area contributed by atoms with E-state index < -0.39 is 68.1 Å². The van der Waals surface area contributed by atoms with Crippen LogP contribution in [0.2, 0.25) is 0 Å². The van der Waals surface area contributed by atoms with Crippen LogP contribution in [0.5, 0.6) is 0 Å². The van der Waals surface area contributed by atoms with E-state index in [9.17, 15) is 52.8 Å². The molecule has 0 bridgehead atoms. The monoisotopic (exact) mass is 2230 g/mol. The van der Waals surface area contributed by atoms with Crippen LogP contribution in [0.3, 0.4) is 0 Å². The van der Waals surface area contributed by atoms with Crippen molar-refractivity contribution in [2.75, 3.05) is 113 Å². The van der Waals surface area contributed by atoms with Gasteiger partial charge >= 0.3 is 80.6 Å². The number of aliphatic hydroxyl groups excluding tert-OH is 3. The molecule has 0 fully saturated rings. The van der Waals surface area contributed by atoms with Crippen LogP contribution in [0.15, 0.2) is 253 Å². The summed E-state index contributed by atoms with van der Waals surface area (Å²) in [5.41, 5.74) is 23.2. The molecule has 148 heavy (non-hydrogen) atoms. The number of aliphatic hydroxyl groups is 3. The maximum absolute atomic E-state index is 11.6. The number of aryl methyl sites for hydroxylation is 1. The number of benzene rings is 1. The van der Waals surface area contributed by atoms with E-state index in [1.165, 1.54) is 61.0 Å². The molecule has 8 radical (unpaired) electrons. The predicted molar refractivity (Wildman–Crippen MR) is 624 cm³/mol. The number of rotatable bonds is 20. The number of halogens is 3. The number of hydrogen-bond acceptors (Lipinski definition) is 26. The van der Waals surface area contributed by atoms with Gasteiger partial charge in [-0.15, -0.1) is 11.1 Å². The van der Waals surface area contributed by atoms with Gasteiger partial charge in [-0.2, -0.15) is 5.26 Å². The second-order valence-corrected chi connectivity index (χ2v) is 23.1. The molecule has 0 saturated carbocycles. The van der Waals surface area contributed by atoms with Crippen LogP contribution in [-0.2, 0) is 44.7 Å². The number of allylic oxidation sites excluding steroid dienone is 1. The molecule has 49 heteroatoms. The van der Waals surface area contributed by atoms with Gasteiger partial charge in [-0.3, -0.25) is 28.5 Å². The number of aromatic nitrogens is 8. The number of carboxylic acids is 2. The number of alkyl halides is 2. The van der Waals surface area contributed by atoms with Crippen LogP contribution < -0.4 is 68.2 Å². The average molecular weight is 2230 g/mol. The molecule has 3 atom stereocenters. The Morgan fingerprint density at radius 3 is 1.32 bits per heavy atom. The van der Waals surface area contributed by atoms with Gasteiger partial charge in [0.15, 0.2) is 5.92 Å². The summed E-state index contributed by atoms with van der Waals surface area (Å²) in [6.45, 7) is 65.2. The number of nitrogens with one attached hydrogen (secondary N) is 4. The first-order valence-corrected chi connectivity index (χ1v) is 47.8. The number of esters is 4. The van der Waals surface area contributed by atoms with Gasteiger partial charge < -0.3 is 91.6 Å². The third-order valence-corrected chi connectivity index (χ3v) is 14.6. The number of para-hydroxylation sites is 1. The molecule has 1 aliphatic rings. The molecule has 0 aliphatic carbocycles. The van der Waals surface area contributed by atoms with Gasteiger partial charge in [0.2, 0.25) is 5.30 Å². The summed E-state index contributed by atoms with van der Waals surface area (Å²) in [5, 5.41) is 56.6. The number of nitriles is 1. The smallest absolute Gasteiger partial charge is 0.870 e. The van der Waals surface area contributed by atoms with E-state index >= 15 is 0 Å². The number of carbonyl (C=O) groups excluding carboxylic acids is 5. The number of H-pyrrole nitrogens is 2. The van der Waals surface area contributed by atoms with Crippen LogP contribution in [-0.4, -0.2) is 240 Å². The van der Waals surface area contributed by atoms with E-state index in [2.05, 4.69) is 146 Å². The number of carbonyl (C=O) groups is 7. The molecule has 822 valence electrons. The summed E-state index contributed by atoms with van der Waals surface area (Å²) in [6.07, 6.45) is 15.6. The fourth-order valence-electron chi connectivity index (χ4n) is 7.52. The van der Waals surface area contributed by atoms with E-state index in [4.69, 9.17) is 93.5 Å². The zero-order valence-corrected chi connectivity index (χ0v) is 92.6. The van der Waals surface area contributed by atoms with Gasteiger partial charge in [-0.1, -0.05) is 247 Å². The molecule has 38 nitrogen and oxygen atoms in total. The zero-order valence-electron chi connectivity index (χ0n) is 87.8. The quantitative estimate of drug-likeness (QED) is 0.00288. The Kier molecular flexibility index (Phi) is 178. The van der Waals surface area contributed by atoms with Crippen molar-refractivity contribution in [1.29, 1.82) is 5.26 Å². The molecule has 0 spiro atoms. The summed E-state index contributed by atoms with van der Waals surface area (Å²) in [5.74, 6) is 1.72. The largest absolute Gasteiger partial charge is 1.00 e.